The summed E-state index contributed by atoms with van der Waals surface area (Å²) in [6.07, 6.45) is 0. The predicted molar refractivity (Wildman–Crippen MR) is 81.3 cm³/mol. The summed E-state index contributed by atoms with van der Waals surface area (Å²) in [5, 5.41) is 21.1. The third-order valence-electron chi connectivity index (χ3n) is 3.39. The topological polar surface area (TPSA) is 73.1 Å². The number of hydrogen-bond acceptors (Lipinski definition) is 3. The second-order valence-electron chi connectivity index (χ2n) is 4.93. The summed E-state index contributed by atoms with van der Waals surface area (Å²) in [5.41, 5.74) is 3.76. The molecule has 0 heterocycles. The lowest BCUT2D eigenvalue weighted by atomic mass is 10.0. The van der Waals surface area contributed by atoms with Crippen molar-refractivity contribution in [2.75, 3.05) is 5.32 Å². The number of aryl methyl sites for hydroxylation is 1. The number of carboxylic acid groups (broad SMARTS) is 1. The molecule has 2 N–H and O–H groups in total. The number of aromatic carboxylic acids is 1. The van der Waals surface area contributed by atoms with Gasteiger partial charge in [0.1, 0.15) is 0 Å². The van der Waals surface area contributed by atoms with Crippen molar-refractivity contribution in [3.8, 4) is 6.07 Å². The van der Waals surface area contributed by atoms with Crippen molar-refractivity contribution in [1.29, 1.82) is 5.26 Å². The van der Waals surface area contributed by atoms with Crippen molar-refractivity contribution in [2.24, 2.45) is 0 Å². The first-order valence-corrected chi connectivity index (χ1v) is 6.62. The van der Waals surface area contributed by atoms with Gasteiger partial charge >= 0.3 is 5.97 Å². The van der Waals surface area contributed by atoms with Crippen LogP contribution in [0.4, 0.5) is 5.69 Å². The van der Waals surface area contributed by atoms with E-state index < -0.39 is 5.97 Å². The van der Waals surface area contributed by atoms with E-state index in [4.69, 9.17) is 10.4 Å². The fourth-order valence-electron chi connectivity index (χ4n) is 2.12. The minimum Gasteiger partial charge on any atom is -0.478 e. The highest BCUT2D eigenvalue weighted by atomic mass is 16.4. The fraction of sp³-hybridized carbons (Fsp3) is 0.176. The molecule has 2 aromatic rings. The van der Waals surface area contributed by atoms with Gasteiger partial charge in [0.15, 0.2) is 0 Å². The monoisotopic (exact) mass is 280 g/mol. The zero-order valence-electron chi connectivity index (χ0n) is 11.9. The molecule has 1 atom stereocenters. The number of hydrogen-bond donors (Lipinski definition) is 2. The normalized spacial score (nSPS) is 11.5. The first-order valence-electron chi connectivity index (χ1n) is 6.62. The Morgan fingerprint density at radius 1 is 1.24 bits per heavy atom. The van der Waals surface area contributed by atoms with Crippen LogP contribution >= 0.6 is 0 Å². The number of nitrogens with zero attached hydrogens (tertiary/aromatic N) is 1. The number of carbonyl (C=O) groups is 1. The number of nitrogens with one attached hydrogen (secondary N) is 1. The third-order valence-corrected chi connectivity index (χ3v) is 3.39. The van der Waals surface area contributed by atoms with Gasteiger partial charge in [-0.1, -0.05) is 12.1 Å². The Hall–Kier alpha value is -2.80. The Labute approximate surface area is 123 Å². The van der Waals surface area contributed by atoms with Crippen molar-refractivity contribution >= 4 is 11.7 Å². The van der Waals surface area contributed by atoms with Crippen LogP contribution in [0, 0.1) is 18.3 Å². The first-order chi connectivity index (χ1) is 10.0. The molecule has 1 unspecified atom stereocenters. The average molecular weight is 280 g/mol. The highest BCUT2D eigenvalue weighted by molar-refractivity contribution is 5.88. The van der Waals surface area contributed by atoms with Crippen LogP contribution in [0.3, 0.4) is 0 Å². The van der Waals surface area contributed by atoms with Crippen molar-refractivity contribution in [1.82, 2.24) is 0 Å². The van der Waals surface area contributed by atoms with Gasteiger partial charge in [-0.3, -0.25) is 0 Å². The maximum atomic E-state index is 10.9. The van der Waals surface area contributed by atoms with Crippen LogP contribution in [-0.4, -0.2) is 11.1 Å². The van der Waals surface area contributed by atoms with E-state index in [1.165, 1.54) is 0 Å². The molecular weight excluding hydrogens is 264 g/mol. The molecule has 0 bridgehead atoms. The maximum absolute atomic E-state index is 10.9. The van der Waals surface area contributed by atoms with Gasteiger partial charge in [-0.05, 0) is 55.3 Å². The summed E-state index contributed by atoms with van der Waals surface area (Å²) in [6, 6.07) is 14.6. The number of benzene rings is 2. The Morgan fingerprint density at radius 3 is 2.43 bits per heavy atom. The van der Waals surface area contributed by atoms with Gasteiger partial charge < -0.3 is 10.4 Å². The first kappa shape index (κ1) is 14.6. The van der Waals surface area contributed by atoms with Gasteiger partial charge in [0.2, 0.25) is 0 Å². The Bertz CT molecular complexity index is 700. The predicted octanol–water partition coefficient (Wildman–Crippen LogP) is 3.74. The van der Waals surface area contributed by atoms with Gasteiger partial charge in [0.05, 0.1) is 17.2 Å². The van der Waals surface area contributed by atoms with E-state index in [1.807, 2.05) is 26.0 Å². The second kappa shape index (κ2) is 6.10. The van der Waals surface area contributed by atoms with Crippen molar-refractivity contribution < 1.29 is 9.90 Å². The highest BCUT2D eigenvalue weighted by Crippen LogP contribution is 2.23. The number of rotatable bonds is 4. The molecule has 0 amide bonds. The average Bonchev–Trinajstić information content (AvgIpc) is 2.49. The summed E-state index contributed by atoms with van der Waals surface area (Å²) >= 11 is 0. The van der Waals surface area contributed by atoms with Crippen molar-refractivity contribution in [3.63, 3.8) is 0 Å². The SMILES string of the molecule is Cc1cc(C(=O)O)ccc1NC(C)c1ccc(C#N)cc1. The molecule has 4 nitrogen and oxygen atoms in total. The molecule has 0 saturated heterocycles. The molecule has 0 aromatic heterocycles. The number of carboxylic acids is 1. The molecule has 0 spiro atoms. The largest absolute Gasteiger partial charge is 0.478 e. The molecule has 0 aliphatic heterocycles. The van der Waals surface area contributed by atoms with E-state index in [2.05, 4.69) is 11.4 Å². The Kier molecular flexibility index (Phi) is 4.24. The van der Waals surface area contributed by atoms with Gasteiger partial charge in [-0.2, -0.15) is 5.26 Å². The maximum Gasteiger partial charge on any atom is 0.335 e. The van der Waals surface area contributed by atoms with Crippen LogP contribution < -0.4 is 5.32 Å². The van der Waals surface area contributed by atoms with Crippen LogP contribution in [0.25, 0.3) is 0 Å². The number of nitriles is 1. The Balaban J connectivity index is 2.17. The van der Waals surface area contributed by atoms with Crippen LogP contribution in [0.2, 0.25) is 0 Å². The van der Waals surface area contributed by atoms with E-state index >= 15 is 0 Å². The molecule has 0 saturated carbocycles. The third kappa shape index (κ3) is 3.40. The lowest BCUT2D eigenvalue weighted by Gasteiger charge is -2.18. The van der Waals surface area contributed by atoms with Gasteiger partial charge in [0, 0.05) is 11.7 Å². The molecule has 0 aliphatic carbocycles. The summed E-state index contributed by atoms with van der Waals surface area (Å²) in [4.78, 5) is 10.9. The molecule has 2 rings (SSSR count). The van der Waals surface area contributed by atoms with E-state index in [0.717, 1.165) is 16.8 Å². The summed E-state index contributed by atoms with van der Waals surface area (Å²) < 4.78 is 0. The fourth-order valence-corrected chi connectivity index (χ4v) is 2.12. The van der Waals surface area contributed by atoms with Crippen LogP contribution in [-0.2, 0) is 0 Å². The van der Waals surface area contributed by atoms with E-state index in [0.29, 0.717) is 5.56 Å². The van der Waals surface area contributed by atoms with Crippen LogP contribution in [0.15, 0.2) is 42.5 Å². The highest BCUT2D eigenvalue weighted by Gasteiger charge is 2.09. The molecule has 0 aliphatic rings. The van der Waals surface area contributed by atoms with Gasteiger partial charge in [-0.15, -0.1) is 0 Å². The second-order valence-corrected chi connectivity index (χ2v) is 4.93. The minimum absolute atomic E-state index is 0.0621. The van der Waals surface area contributed by atoms with Gasteiger partial charge in [0.25, 0.3) is 0 Å². The summed E-state index contributed by atoms with van der Waals surface area (Å²) in [5.74, 6) is -0.926. The molecule has 0 fully saturated rings. The quantitative estimate of drug-likeness (QED) is 0.894. The molecule has 4 heteroatoms. The van der Waals surface area contributed by atoms with E-state index in [1.54, 1.807) is 30.3 Å². The van der Waals surface area contributed by atoms with E-state index in [-0.39, 0.29) is 11.6 Å². The molecule has 2 aromatic carbocycles. The smallest absolute Gasteiger partial charge is 0.335 e. The lowest BCUT2D eigenvalue weighted by molar-refractivity contribution is 0.0697. The standard InChI is InChI=1S/C17H16N2O2/c1-11-9-15(17(20)21)7-8-16(11)19-12(2)14-5-3-13(10-18)4-6-14/h3-9,12,19H,1-2H3,(H,20,21). The van der Waals surface area contributed by atoms with Crippen LogP contribution in [0.5, 0.6) is 0 Å². The molecule has 0 radical (unpaired) electrons. The molecule has 21 heavy (non-hydrogen) atoms. The number of anilines is 1. The van der Waals surface area contributed by atoms with E-state index in [9.17, 15) is 4.79 Å². The molecule has 106 valence electrons. The minimum atomic E-state index is -0.926. The Morgan fingerprint density at radius 2 is 1.90 bits per heavy atom. The van der Waals surface area contributed by atoms with Crippen molar-refractivity contribution in [2.45, 2.75) is 19.9 Å². The van der Waals surface area contributed by atoms with Crippen molar-refractivity contribution in [3.05, 3.63) is 64.7 Å². The zero-order valence-corrected chi connectivity index (χ0v) is 11.9. The lowest BCUT2D eigenvalue weighted by Crippen LogP contribution is -2.08. The zero-order chi connectivity index (χ0) is 15.4. The van der Waals surface area contributed by atoms with Crippen LogP contribution in [0.1, 0.15) is 40.0 Å². The molecular formula is C17H16N2O2. The summed E-state index contributed by atoms with van der Waals surface area (Å²) in [6.45, 7) is 3.90. The summed E-state index contributed by atoms with van der Waals surface area (Å²) in [7, 11) is 0. The van der Waals surface area contributed by atoms with Gasteiger partial charge in [-0.25, -0.2) is 4.79 Å².